The van der Waals surface area contributed by atoms with Crippen molar-refractivity contribution in [1.82, 2.24) is 0 Å². The van der Waals surface area contributed by atoms with Crippen molar-refractivity contribution in [3.8, 4) is 11.5 Å². The molecule has 0 aliphatic heterocycles. The molecule has 1 N–H and O–H groups in total. The van der Waals surface area contributed by atoms with E-state index in [-0.39, 0.29) is 12.7 Å². The van der Waals surface area contributed by atoms with Crippen LogP contribution >= 0.6 is 0 Å². The highest BCUT2D eigenvalue weighted by molar-refractivity contribution is 5.46. The van der Waals surface area contributed by atoms with Crippen LogP contribution in [0.1, 0.15) is 24.8 Å². The van der Waals surface area contributed by atoms with Gasteiger partial charge in [-0.25, -0.2) is 0 Å². The Bertz CT molecular complexity index is 376. The van der Waals surface area contributed by atoms with Crippen LogP contribution in [0.5, 0.6) is 11.5 Å². The molecule has 0 saturated carbocycles. The van der Waals surface area contributed by atoms with E-state index in [1.165, 1.54) is 0 Å². The first-order valence-electron chi connectivity index (χ1n) is 5.95. The molecule has 0 fully saturated rings. The average molecular weight is 234 g/mol. The zero-order chi connectivity index (χ0) is 12.1. The molecule has 0 heterocycles. The largest absolute Gasteiger partial charge is 0.493 e. The normalized spacial score (nSPS) is 19.1. The summed E-state index contributed by atoms with van der Waals surface area (Å²) in [5.74, 6) is 1.34. The van der Waals surface area contributed by atoms with Gasteiger partial charge in [0.1, 0.15) is 6.10 Å². The lowest BCUT2D eigenvalue weighted by Crippen LogP contribution is -2.17. The maximum atomic E-state index is 9.31. The van der Waals surface area contributed by atoms with Gasteiger partial charge in [0.05, 0.1) is 13.7 Å². The van der Waals surface area contributed by atoms with E-state index in [1.807, 2.05) is 18.2 Å². The monoisotopic (exact) mass is 234 g/mol. The molecule has 17 heavy (non-hydrogen) atoms. The van der Waals surface area contributed by atoms with Crippen LogP contribution in [-0.4, -0.2) is 18.3 Å². The zero-order valence-electron chi connectivity index (χ0n) is 10.1. The summed E-state index contributed by atoms with van der Waals surface area (Å²) in [6.45, 7) is -0.0387. The summed E-state index contributed by atoms with van der Waals surface area (Å²) in [5.41, 5.74) is 0.767. The molecule has 1 unspecified atom stereocenters. The number of para-hydroxylation sites is 1. The molecule has 1 aromatic carbocycles. The van der Waals surface area contributed by atoms with Gasteiger partial charge >= 0.3 is 0 Å². The zero-order valence-corrected chi connectivity index (χ0v) is 10.1. The predicted octanol–water partition coefficient (Wildman–Crippen LogP) is 2.68. The van der Waals surface area contributed by atoms with E-state index in [4.69, 9.17) is 9.47 Å². The Kier molecular flexibility index (Phi) is 4.04. The SMILES string of the molecule is COc1cccc(CO)c1OC1C=CCCC1. The number of benzene rings is 1. The van der Waals surface area contributed by atoms with Crippen LogP contribution < -0.4 is 9.47 Å². The summed E-state index contributed by atoms with van der Waals surface area (Å²) in [5, 5.41) is 9.31. The molecule has 1 aromatic rings. The molecular formula is C14H18O3. The van der Waals surface area contributed by atoms with Crippen LogP contribution in [0.3, 0.4) is 0 Å². The highest BCUT2D eigenvalue weighted by atomic mass is 16.5. The molecule has 1 atom stereocenters. The third-order valence-corrected chi connectivity index (χ3v) is 2.93. The Morgan fingerprint density at radius 2 is 2.29 bits per heavy atom. The van der Waals surface area contributed by atoms with E-state index < -0.39 is 0 Å². The van der Waals surface area contributed by atoms with Gasteiger partial charge < -0.3 is 14.6 Å². The van der Waals surface area contributed by atoms with Crippen molar-refractivity contribution in [2.45, 2.75) is 32.0 Å². The van der Waals surface area contributed by atoms with E-state index in [0.717, 1.165) is 24.8 Å². The first kappa shape index (κ1) is 12.0. The number of rotatable bonds is 4. The third kappa shape index (κ3) is 2.80. The van der Waals surface area contributed by atoms with Crippen LogP contribution in [0.2, 0.25) is 0 Å². The molecule has 0 amide bonds. The van der Waals surface area contributed by atoms with E-state index >= 15 is 0 Å². The summed E-state index contributed by atoms with van der Waals surface area (Å²) < 4.78 is 11.2. The van der Waals surface area contributed by atoms with Gasteiger partial charge in [0.2, 0.25) is 0 Å². The Labute approximate surface area is 102 Å². The van der Waals surface area contributed by atoms with Crippen molar-refractivity contribution >= 4 is 0 Å². The number of aliphatic hydroxyl groups is 1. The number of hydrogen-bond acceptors (Lipinski definition) is 3. The minimum atomic E-state index is -0.0387. The highest BCUT2D eigenvalue weighted by Crippen LogP contribution is 2.33. The highest BCUT2D eigenvalue weighted by Gasteiger charge is 2.15. The molecule has 0 aromatic heterocycles. The summed E-state index contributed by atoms with van der Waals surface area (Å²) >= 11 is 0. The van der Waals surface area contributed by atoms with E-state index in [2.05, 4.69) is 12.2 Å². The summed E-state index contributed by atoms with van der Waals surface area (Å²) in [6.07, 6.45) is 7.59. The number of allylic oxidation sites excluding steroid dienone is 1. The number of methoxy groups -OCH3 is 1. The number of ether oxygens (including phenoxy) is 2. The topological polar surface area (TPSA) is 38.7 Å². The summed E-state index contributed by atoms with van der Waals surface area (Å²) in [7, 11) is 1.61. The Morgan fingerprint density at radius 1 is 1.41 bits per heavy atom. The Hall–Kier alpha value is -1.48. The maximum absolute atomic E-state index is 9.31. The lowest BCUT2D eigenvalue weighted by Gasteiger charge is -2.21. The second-order valence-electron chi connectivity index (χ2n) is 4.12. The van der Waals surface area contributed by atoms with Crippen molar-refractivity contribution in [3.63, 3.8) is 0 Å². The van der Waals surface area contributed by atoms with Gasteiger partial charge in [0.25, 0.3) is 0 Å². The molecule has 2 rings (SSSR count). The minimum Gasteiger partial charge on any atom is -0.493 e. The van der Waals surface area contributed by atoms with Crippen molar-refractivity contribution in [2.75, 3.05) is 7.11 Å². The van der Waals surface area contributed by atoms with E-state index in [1.54, 1.807) is 7.11 Å². The van der Waals surface area contributed by atoms with Gasteiger partial charge in [0.15, 0.2) is 11.5 Å². The molecule has 92 valence electrons. The fourth-order valence-electron chi connectivity index (χ4n) is 2.01. The fraction of sp³-hybridized carbons (Fsp3) is 0.429. The Morgan fingerprint density at radius 3 is 2.94 bits per heavy atom. The number of hydrogen-bond donors (Lipinski definition) is 1. The van der Waals surface area contributed by atoms with E-state index in [9.17, 15) is 5.11 Å². The summed E-state index contributed by atoms with van der Waals surface area (Å²) in [4.78, 5) is 0. The first-order valence-corrected chi connectivity index (χ1v) is 5.95. The molecule has 0 radical (unpaired) electrons. The van der Waals surface area contributed by atoms with Gasteiger partial charge in [-0.2, -0.15) is 0 Å². The van der Waals surface area contributed by atoms with Crippen LogP contribution in [0, 0.1) is 0 Å². The number of aliphatic hydroxyl groups excluding tert-OH is 1. The first-order chi connectivity index (χ1) is 8.35. The van der Waals surface area contributed by atoms with Crippen molar-refractivity contribution in [3.05, 3.63) is 35.9 Å². The van der Waals surface area contributed by atoms with Crippen LogP contribution in [0.25, 0.3) is 0 Å². The van der Waals surface area contributed by atoms with Gasteiger partial charge in [0, 0.05) is 5.56 Å². The van der Waals surface area contributed by atoms with Gasteiger partial charge in [-0.3, -0.25) is 0 Å². The molecule has 3 nitrogen and oxygen atoms in total. The molecule has 3 heteroatoms. The molecule has 1 aliphatic carbocycles. The van der Waals surface area contributed by atoms with Crippen molar-refractivity contribution in [1.29, 1.82) is 0 Å². The van der Waals surface area contributed by atoms with Crippen LogP contribution in [0.15, 0.2) is 30.4 Å². The van der Waals surface area contributed by atoms with Crippen LogP contribution in [0.4, 0.5) is 0 Å². The lowest BCUT2D eigenvalue weighted by atomic mass is 10.1. The molecular weight excluding hydrogens is 216 g/mol. The smallest absolute Gasteiger partial charge is 0.167 e. The fourth-order valence-corrected chi connectivity index (χ4v) is 2.01. The quantitative estimate of drug-likeness (QED) is 0.814. The van der Waals surface area contributed by atoms with Gasteiger partial charge in [-0.15, -0.1) is 0 Å². The van der Waals surface area contributed by atoms with Crippen molar-refractivity contribution in [2.24, 2.45) is 0 Å². The summed E-state index contributed by atoms with van der Waals surface area (Å²) in [6, 6.07) is 5.55. The second kappa shape index (κ2) is 5.73. The molecule has 0 spiro atoms. The lowest BCUT2D eigenvalue weighted by molar-refractivity contribution is 0.207. The van der Waals surface area contributed by atoms with Gasteiger partial charge in [-0.1, -0.05) is 18.2 Å². The van der Waals surface area contributed by atoms with E-state index in [0.29, 0.717) is 11.5 Å². The Balaban J connectivity index is 2.23. The maximum Gasteiger partial charge on any atom is 0.167 e. The third-order valence-electron chi connectivity index (χ3n) is 2.93. The van der Waals surface area contributed by atoms with Gasteiger partial charge in [-0.05, 0) is 31.4 Å². The average Bonchev–Trinajstić information content (AvgIpc) is 2.40. The second-order valence-corrected chi connectivity index (χ2v) is 4.12. The van der Waals surface area contributed by atoms with Crippen molar-refractivity contribution < 1.29 is 14.6 Å². The standard InChI is InChI=1S/C14H18O3/c1-16-13-9-5-6-11(10-15)14(13)17-12-7-3-2-4-8-12/h3,5-7,9,12,15H,2,4,8,10H2,1H3. The molecule has 1 aliphatic rings. The minimum absolute atomic E-state index is 0.0387. The predicted molar refractivity (Wildman–Crippen MR) is 66.3 cm³/mol. The molecule has 0 bridgehead atoms. The van der Waals surface area contributed by atoms with Crippen LogP contribution in [-0.2, 0) is 6.61 Å². The molecule has 0 saturated heterocycles.